The first kappa shape index (κ1) is 21.9. The second-order valence-electron chi connectivity index (χ2n) is 7.05. The van der Waals surface area contributed by atoms with Gasteiger partial charge in [0, 0.05) is 24.5 Å². The number of nitrogens with one attached hydrogen (secondary N) is 1. The number of nitrogens with two attached hydrogens (primary N) is 1. The SMILES string of the molecule is Cc1nnccc1Oc1ncc(C(F)(F)F)c(C)c1-c1cc(=O)c2c(C(N)=O)nccc2[nH]1. The Labute approximate surface area is 183 Å². The summed E-state index contributed by atoms with van der Waals surface area (Å²) in [6, 6.07) is 3.93. The van der Waals surface area contributed by atoms with Crippen LogP contribution in [0.4, 0.5) is 13.2 Å². The molecule has 0 aliphatic carbocycles. The molecule has 4 heterocycles. The number of rotatable bonds is 4. The molecule has 0 saturated carbocycles. The molecule has 0 bridgehead atoms. The van der Waals surface area contributed by atoms with Crippen LogP contribution in [-0.2, 0) is 6.18 Å². The van der Waals surface area contributed by atoms with Crippen molar-refractivity contribution in [1.82, 2.24) is 25.1 Å². The van der Waals surface area contributed by atoms with Gasteiger partial charge in [0.05, 0.1) is 33.9 Å². The van der Waals surface area contributed by atoms with Crippen LogP contribution in [-0.4, -0.2) is 31.1 Å². The number of fused-ring (bicyclic) bond motifs is 1. The molecule has 0 aromatic carbocycles. The van der Waals surface area contributed by atoms with Crippen LogP contribution in [0.5, 0.6) is 11.6 Å². The number of H-pyrrole nitrogens is 1. The first-order valence-corrected chi connectivity index (χ1v) is 9.43. The molecular weight excluding hydrogens is 441 g/mol. The summed E-state index contributed by atoms with van der Waals surface area (Å²) in [6.45, 7) is 2.85. The molecule has 0 aliphatic heterocycles. The summed E-state index contributed by atoms with van der Waals surface area (Å²) < 4.78 is 46.6. The van der Waals surface area contributed by atoms with Crippen molar-refractivity contribution in [2.75, 3.05) is 0 Å². The normalized spacial score (nSPS) is 11.5. The number of aryl methyl sites for hydroxylation is 1. The number of hydrogen-bond acceptors (Lipinski definition) is 7. The average Bonchev–Trinajstić information content (AvgIpc) is 2.74. The standard InChI is InChI=1S/C21H15F3N6O3/c1-9-11(21(22,23)24)8-27-20(33-15-4-6-28-30-10(15)2)16(9)13-7-14(31)17-12(29-13)3-5-26-18(17)19(25)32/h3-8H,1-2H3,(H2,25,32)(H,29,31). The molecule has 4 aromatic heterocycles. The minimum atomic E-state index is -4.70. The Balaban J connectivity index is 2.01. The highest BCUT2D eigenvalue weighted by Gasteiger charge is 2.35. The van der Waals surface area contributed by atoms with Gasteiger partial charge in [-0.15, -0.1) is 0 Å². The van der Waals surface area contributed by atoms with Crippen LogP contribution in [0.2, 0.25) is 0 Å². The number of pyridine rings is 3. The van der Waals surface area contributed by atoms with E-state index in [0.29, 0.717) is 11.9 Å². The number of ether oxygens (including phenoxy) is 1. The number of carbonyl (C=O) groups is 1. The van der Waals surface area contributed by atoms with Gasteiger partial charge in [-0.1, -0.05) is 0 Å². The van der Waals surface area contributed by atoms with Gasteiger partial charge >= 0.3 is 6.18 Å². The van der Waals surface area contributed by atoms with Crippen molar-refractivity contribution in [2.24, 2.45) is 5.73 Å². The molecule has 0 fully saturated rings. The fourth-order valence-corrected chi connectivity index (χ4v) is 3.38. The number of halogens is 3. The fraction of sp³-hybridized carbons (Fsp3) is 0.143. The van der Waals surface area contributed by atoms with Crippen LogP contribution < -0.4 is 15.9 Å². The van der Waals surface area contributed by atoms with Gasteiger partial charge in [0.25, 0.3) is 5.91 Å². The Morgan fingerprint density at radius 2 is 1.91 bits per heavy atom. The molecule has 4 rings (SSSR count). The highest BCUT2D eigenvalue weighted by atomic mass is 19.4. The molecule has 168 valence electrons. The molecule has 0 atom stereocenters. The number of amides is 1. The van der Waals surface area contributed by atoms with Gasteiger partial charge < -0.3 is 15.5 Å². The molecule has 9 nitrogen and oxygen atoms in total. The van der Waals surface area contributed by atoms with E-state index in [2.05, 4.69) is 25.1 Å². The Bertz CT molecular complexity index is 1470. The first-order valence-electron chi connectivity index (χ1n) is 9.43. The molecule has 0 spiro atoms. The maximum atomic E-state index is 13.6. The zero-order valence-electron chi connectivity index (χ0n) is 17.2. The summed E-state index contributed by atoms with van der Waals surface area (Å²) in [6.07, 6.45) is -1.43. The summed E-state index contributed by atoms with van der Waals surface area (Å²) in [5, 5.41) is 7.48. The largest absolute Gasteiger partial charge is 0.436 e. The Kier molecular flexibility index (Phi) is 5.28. The topological polar surface area (TPSA) is 137 Å². The Hall–Kier alpha value is -4.35. The fourth-order valence-electron chi connectivity index (χ4n) is 3.38. The van der Waals surface area contributed by atoms with E-state index in [1.165, 1.54) is 31.5 Å². The first-order chi connectivity index (χ1) is 15.6. The third-order valence-corrected chi connectivity index (χ3v) is 4.92. The van der Waals surface area contributed by atoms with Gasteiger partial charge in [0.1, 0.15) is 11.4 Å². The van der Waals surface area contributed by atoms with E-state index in [-0.39, 0.29) is 45.0 Å². The van der Waals surface area contributed by atoms with E-state index in [4.69, 9.17) is 10.5 Å². The summed E-state index contributed by atoms with van der Waals surface area (Å²) in [7, 11) is 0. The third-order valence-electron chi connectivity index (χ3n) is 4.92. The van der Waals surface area contributed by atoms with Crippen molar-refractivity contribution in [3.63, 3.8) is 0 Å². The van der Waals surface area contributed by atoms with E-state index in [1.807, 2.05) is 0 Å². The van der Waals surface area contributed by atoms with Gasteiger partial charge in [-0.05, 0) is 25.5 Å². The molecule has 12 heteroatoms. The van der Waals surface area contributed by atoms with Gasteiger partial charge in [0.2, 0.25) is 5.88 Å². The van der Waals surface area contributed by atoms with Crippen LogP contribution in [0.25, 0.3) is 22.2 Å². The minimum absolute atomic E-state index is 0.000103. The van der Waals surface area contributed by atoms with Crippen molar-refractivity contribution >= 4 is 16.8 Å². The minimum Gasteiger partial charge on any atom is -0.436 e. The highest BCUT2D eigenvalue weighted by Crippen LogP contribution is 2.40. The van der Waals surface area contributed by atoms with E-state index >= 15 is 0 Å². The maximum absolute atomic E-state index is 13.6. The Morgan fingerprint density at radius 1 is 1.15 bits per heavy atom. The number of nitrogens with zero attached hydrogens (tertiary/aromatic N) is 4. The van der Waals surface area contributed by atoms with Crippen molar-refractivity contribution < 1.29 is 22.7 Å². The predicted octanol–water partition coefficient (Wildman–Crippen LogP) is 3.30. The van der Waals surface area contributed by atoms with Crippen LogP contribution >= 0.6 is 0 Å². The van der Waals surface area contributed by atoms with Gasteiger partial charge in [-0.3, -0.25) is 14.6 Å². The van der Waals surface area contributed by atoms with Crippen molar-refractivity contribution in [3.8, 4) is 22.9 Å². The van der Waals surface area contributed by atoms with Crippen molar-refractivity contribution in [3.05, 3.63) is 69.5 Å². The van der Waals surface area contributed by atoms with Crippen LogP contribution in [0.1, 0.15) is 27.3 Å². The van der Waals surface area contributed by atoms with Crippen molar-refractivity contribution in [2.45, 2.75) is 20.0 Å². The van der Waals surface area contributed by atoms with Crippen LogP contribution in [0.15, 0.2) is 41.6 Å². The van der Waals surface area contributed by atoms with Crippen LogP contribution in [0.3, 0.4) is 0 Å². The second-order valence-corrected chi connectivity index (χ2v) is 7.05. The molecule has 1 amide bonds. The van der Waals surface area contributed by atoms with Crippen molar-refractivity contribution in [1.29, 1.82) is 0 Å². The molecule has 0 unspecified atom stereocenters. The zero-order valence-corrected chi connectivity index (χ0v) is 17.2. The van der Waals surface area contributed by atoms with Gasteiger partial charge in [-0.2, -0.15) is 23.4 Å². The number of aromatic nitrogens is 5. The molecular formula is C21H15F3N6O3. The van der Waals surface area contributed by atoms with E-state index in [0.717, 1.165) is 6.07 Å². The quantitative estimate of drug-likeness (QED) is 0.481. The van der Waals surface area contributed by atoms with E-state index in [9.17, 15) is 22.8 Å². The molecule has 33 heavy (non-hydrogen) atoms. The Morgan fingerprint density at radius 3 is 2.58 bits per heavy atom. The maximum Gasteiger partial charge on any atom is 0.418 e. The lowest BCUT2D eigenvalue weighted by molar-refractivity contribution is -0.138. The monoisotopic (exact) mass is 456 g/mol. The lowest BCUT2D eigenvalue weighted by Gasteiger charge is -2.18. The molecule has 3 N–H and O–H groups in total. The number of aromatic amines is 1. The summed E-state index contributed by atoms with van der Waals surface area (Å²) in [5.74, 6) is -0.877. The number of alkyl halides is 3. The third kappa shape index (κ3) is 3.97. The van der Waals surface area contributed by atoms with Gasteiger partial charge in [0.15, 0.2) is 11.2 Å². The smallest absolute Gasteiger partial charge is 0.418 e. The molecule has 0 radical (unpaired) electrons. The molecule has 0 aliphatic rings. The van der Waals surface area contributed by atoms with Crippen LogP contribution in [0, 0.1) is 13.8 Å². The average molecular weight is 456 g/mol. The predicted molar refractivity (Wildman–Crippen MR) is 111 cm³/mol. The summed E-state index contributed by atoms with van der Waals surface area (Å²) >= 11 is 0. The second kappa shape index (κ2) is 7.97. The van der Waals surface area contributed by atoms with E-state index in [1.54, 1.807) is 6.92 Å². The summed E-state index contributed by atoms with van der Waals surface area (Å²) in [5.41, 5.74) is 3.62. The summed E-state index contributed by atoms with van der Waals surface area (Å²) in [4.78, 5) is 35.1. The lowest BCUT2D eigenvalue weighted by atomic mass is 10.0. The number of carbonyl (C=O) groups excluding carboxylic acids is 1. The lowest BCUT2D eigenvalue weighted by Crippen LogP contribution is -2.18. The molecule has 0 saturated heterocycles. The van der Waals surface area contributed by atoms with Gasteiger partial charge in [-0.25, -0.2) is 4.98 Å². The number of hydrogen-bond donors (Lipinski definition) is 2. The highest BCUT2D eigenvalue weighted by molar-refractivity contribution is 6.03. The number of primary amides is 1. The van der Waals surface area contributed by atoms with E-state index < -0.39 is 23.1 Å². The zero-order chi connectivity index (χ0) is 23.9. The molecule has 4 aromatic rings.